The molecule has 0 unspecified atom stereocenters. The van der Waals surface area contributed by atoms with Gasteiger partial charge in [-0.15, -0.1) is 0 Å². The summed E-state index contributed by atoms with van der Waals surface area (Å²) in [6, 6.07) is 0. The van der Waals surface area contributed by atoms with Crippen molar-refractivity contribution in [1.82, 2.24) is 0 Å². The molecule has 16 heavy (non-hydrogen) atoms. The predicted octanol–water partition coefficient (Wildman–Crippen LogP) is 5.11. The Bertz CT molecular complexity index is 351. The van der Waals surface area contributed by atoms with E-state index in [1.165, 1.54) is 0 Å². The standard InChI is InChI=1S/2C5H5.C2H7Si.2BrH.Zr/c2*1-2-4-5-3-1;1-3-2;;;/h2*1-5H;3H,1-2H3;2*1H;/q;;;;;+2/p-2. The molecule has 0 saturated heterocycles. The van der Waals surface area contributed by atoms with Gasteiger partial charge in [0.25, 0.3) is 0 Å². The Hall–Kier alpha value is 1.02. The van der Waals surface area contributed by atoms with Crippen molar-refractivity contribution in [2.75, 3.05) is 0 Å². The molecule has 0 aliphatic heterocycles. The van der Waals surface area contributed by atoms with E-state index in [0.717, 1.165) is 0 Å². The van der Waals surface area contributed by atoms with Crippen molar-refractivity contribution in [2.45, 2.75) is 20.3 Å². The monoisotopic (exact) mass is 437 g/mol. The number of halogens is 2. The third kappa shape index (κ3) is 1.94. The summed E-state index contributed by atoms with van der Waals surface area (Å²) in [6.45, 7) is 4.96. The molecule has 87 valence electrons. The van der Waals surface area contributed by atoms with Crippen LogP contribution in [-0.4, -0.2) is 5.92 Å². The van der Waals surface area contributed by atoms with Gasteiger partial charge < -0.3 is 0 Å². The first kappa shape index (κ1) is 13.5. The number of hydrogen-bond acceptors (Lipinski definition) is 0. The van der Waals surface area contributed by atoms with Gasteiger partial charge in [-0.1, -0.05) is 0 Å². The summed E-state index contributed by atoms with van der Waals surface area (Å²) in [5.41, 5.74) is 0. The van der Waals surface area contributed by atoms with E-state index >= 15 is 0 Å². The summed E-state index contributed by atoms with van der Waals surface area (Å²) in [7, 11) is 0. The Morgan fingerprint density at radius 1 is 0.812 bits per heavy atom. The maximum atomic E-state index is 4.29. The van der Waals surface area contributed by atoms with Gasteiger partial charge in [0.15, 0.2) is 0 Å². The Balaban J connectivity index is 2.47. The second-order valence-electron chi connectivity index (χ2n) is 4.97. The molecule has 2 aliphatic carbocycles. The van der Waals surface area contributed by atoms with Crippen LogP contribution in [0.2, 0.25) is 20.3 Å². The van der Waals surface area contributed by atoms with Crippen LogP contribution in [0.15, 0.2) is 48.6 Å². The minimum atomic E-state index is -3.03. The van der Waals surface area contributed by atoms with Crippen LogP contribution < -0.4 is 0 Å². The van der Waals surface area contributed by atoms with E-state index in [1.54, 1.807) is 0 Å². The van der Waals surface area contributed by atoms with E-state index < -0.39 is 19.2 Å². The normalized spacial score (nSPS) is 23.4. The van der Waals surface area contributed by atoms with Crippen molar-refractivity contribution < 1.29 is 13.2 Å². The molecule has 2 aliphatic rings. The summed E-state index contributed by atoms with van der Waals surface area (Å²) in [6.07, 6.45) is 18.3. The Labute approximate surface area is 111 Å². The second-order valence-corrected chi connectivity index (χ2v) is 69.7. The third-order valence-electron chi connectivity index (χ3n) is 3.87. The number of rotatable bonds is 3. The molecular weight excluding hydrogens is 423 g/mol. The van der Waals surface area contributed by atoms with Crippen LogP contribution in [-0.2, 0) is 13.2 Å². The van der Waals surface area contributed by atoms with Gasteiger partial charge in [-0.3, -0.25) is 0 Å². The molecule has 0 bridgehead atoms. The molecule has 0 N–H and O–H groups in total. The first-order valence-corrected chi connectivity index (χ1v) is 27.0. The maximum absolute atomic E-state index is 4.29. The zero-order valence-corrected chi connectivity index (χ0v) is 16.4. The van der Waals surface area contributed by atoms with Crippen LogP contribution >= 0.6 is 24.4 Å². The predicted molar refractivity (Wildman–Crippen MR) is 80.8 cm³/mol. The topological polar surface area (TPSA) is 0 Å². The van der Waals surface area contributed by atoms with Gasteiger partial charge >= 0.3 is 113 Å². The summed E-state index contributed by atoms with van der Waals surface area (Å²) in [4.78, 5) is 0. The molecule has 0 aromatic rings. The molecule has 0 atom stereocenters. The van der Waals surface area contributed by atoms with Crippen LogP contribution in [0.4, 0.5) is 0 Å². The molecule has 2 rings (SSSR count). The van der Waals surface area contributed by atoms with E-state index in [1.807, 2.05) is 0 Å². The average molecular weight is 440 g/mol. The minimum absolute atomic E-state index is 0.630. The molecule has 0 fully saturated rings. The molecule has 0 radical (unpaired) electrons. The van der Waals surface area contributed by atoms with Gasteiger partial charge in [0.2, 0.25) is 0 Å². The van der Waals surface area contributed by atoms with Crippen LogP contribution in [0.3, 0.4) is 0 Å². The number of hydrogen-bond donors (Lipinski definition) is 0. The van der Waals surface area contributed by atoms with Gasteiger partial charge in [-0.2, -0.15) is 0 Å². The molecule has 0 heterocycles. The second kappa shape index (κ2) is 4.60. The molecule has 0 saturated carbocycles. The molecular formula is C12H17Br2SiZr. The van der Waals surface area contributed by atoms with Gasteiger partial charge in [0.1, 0.15) is 0 Å². The fraction of sp³-hybridized carbons (Fsp3) is 0.333. The van der Waals surface area contributed by atoms with Crippen molar-refractivity contribution in [3.05, 3.63) is 48.6 Å². The van der Waals surface area contributed by atoms with Gasteiger partial charge in [-0.05, 0) is 0 Å². The Morgan fingerprint density at radius 3 is 1.38 bits per heavy atom. The van der Waals surface area contributed by atoms with Crippen LogP contribution in [0.5, 0.6) is 0 Å². The van der Waals surface area contributed by atoms with E-state index in [2.05, 4.69) is 86.1 Å². The van der Waals surface area contributed by atoms with Gasteiger partial charge in [-0.25, -0.2) is 0 Å². The van der Waals surface area contributed by atoms with Crippen LogP contribution in [0.1, 0.15) is 0 Å². The van der Waals surface area contributed by atoms with Crippen molar-refractivity contribution in [3.63, 3.8) is 0 Å². The summed E-state index contributed by atoms with van der Waals surface area (Å²) in [5, 5.41) is 0. The first-order chi connectivity index (χ1) is 7.46. The van der Waals surface area contributed by atoms with Gasteiger partial charge in [0.05, 0.1) is 0 Å². The fourth-order valence-electron chi connectivity index (χ4n) is 2.59. The Morgan fingerprint density at radius 2 is 1.12 bits per heavy atom. The molecule has 0 amide bonds. The van der Waals surface area contributed by atoms with Crippen LogP contribution in [0.25, 0.3) is 0 Å². The molecule has 0 spiro atoms. The van der Waals surface area contributed by atoms with Crippen molar-refractivity contribution in [2.24, 2.45) is 0 Å². The zero-order valence-electron chi connectivity index (χ0n) is 9.61. The van der Waals surface area contributed by atoms with Crippen molar-refractivity contribution in [1.29, 1.82) is 0 Å². The summed E-state index contributed by atoms with van der Waals surface area (Å²) in [5.74, 6) is -0.784. The number of allylic oxidation sites excluding steroid dienone is 8. The zero-order chi connectivity index (χ0) is 11.8. The summed E-state index contributed by atoms with van der Waals surface area (Å²) < 4.78 is 1.26. The van der Waals surface area contributed by atoms with E-state index in [9.17, 15) is 0 Å². The SMILES string of the molecule is C[SiH](C)[Zr]([Br])([Br])([CH]1C=CC=C1)[CH]1C=CC=C1. The van der Waals surface area contributed by atoms with Gasteiger partial charge in [0, 0.05) is 0 Å². The van der Waals surface area contributed by atoms with E-state index in [0.29, 0.717) is 7.25 Å². The molecule has 0 aromatic carbocycles. The summed E-state index contributed by atoms with van der Waals surface area (Å²) >= 11 is 5.55. The van der Waals surface area contributed by atoms with Crippen LogP contribution in [0, 0.1) is 0 Å². The quantitative estimate of drug-likeness (QED) is 0.536. The van der Waals surface area contributed by atoms with Crippen molar-refractivity contribution >= 4 is 30.4 Å². The van der Waals surface area contributed by atoms with E-state index in [-0.39, 0.29) is 0 Å². The Kier molecular flexibility index (Phi) is 3.87. The average Bonchev–Trinajstić information content (AvgIpc) is 2.92. The fourth-order valence-corrected chi connectivity index (χ4v) is 31.1. The molecule has 4 heteroatoms. The first-order valence-electron chi connectivity index (χ1n) is 5.73. The van der Waals surface area contributed by atoms with E-state index in [4.69, 9.17) is 0 Å². The molecule has 0 nitrogen and oxygen atoms in total. The third-order valence-corrected chi connectivity index (χ3v) is 80.1. The van der Waals surface area contributed by atoms with Crippen molar-refractivity contribution in [3.8, 4) is 0 Å². The molecule has 0 aromatic heterocycles.